The van der Waals surface area contributed by atoms with Gasteiger partial charge in [-0.05, 0) is 80.5 Å². The Labute approximate surface area is 269 Å². The van der Waals surface area contributed by atoms with Crippen LogP contribution < -0.4 is 21.2 Å². The minimum Gasteiger partial charge on any atom is -0.418 e. The van der Waals surface area contributed by atoms with Crippen LogP contribution in [0, 0.1) is 11.8 Å². The molecule has 0 amide bonds. The van der Waals surface area contributed by atoms with E-state index in [1.54, 1.807) is 0 Å². The summed E-state index contributed by atoms with van der Waals surface area (Å²) in [6, 6.07) is 44.3. The van der Waals surface area contributed by atoms with Crippen LogP contribution in [-0.4, -0.2) is 19.6 Å². The number of rotatable bonds is 9. The first-order valence-corrected chi connectivity index (χ1v) is 17.4. The molecule has 2 aliphatic carbocycles. The summed E-state index contributed by atoms with van der Waals surface area (Å²) >= 11 is 0. The molecule has 0 N–H and O–H groups in total. The van der Waals surface area contributed by atoms with E-state index in [9.17, 15) is 17.3 Å². The third kappa shape index (κ3) is 12.6. The van der Waals surface area contributed by atoms with E-state index < -0.39 is 7.25 Å². The second kappa shape index (κ2) is 18.4. The minimum atomic E-state index is -6.00. The molecule has 6 rings (SSSR count). The van der Waals surface area contributed by atoms with Crippen LogP contribution in [-0.2, 0) is 19.5 Å². The minimum absolute atomic E-state index is 0. The molecule has 4 aromatic carbocycles. The first-order chi connectivity index (χ1) is 20.4. The molecule has 0 fully saturated rings. The predicted octanol–water partition coefficient (Wildman–Crippen LogP) is 9.08. The SMILES string of the molecule is C1=CC2C=CC1C2.F[B-](F)(F)F.[Rh].c1ccc(P(CCCCP(c2ccccc2)c2ccccc2)c2ccccc2)cc1. The molecule has 0 nitrogen and oxygen atoms in total. The van der Waals surface area contributed by atoms with E-state index in [0.717, 1.165) is 11.8 Å². The van der Waals surface area contributed by atoms with E-state index in [2.05, 4.69) is 146 Å². The Balaban J connectivity index is 0.000000322. The third-order valence-electron chi connectivity index (χ3n) is 7.04. The summed E-state index contributed by atoms with van der Waals surface area (Å²) in [6.45, 7) is 0. The normalized spacial score (nSPS) is 16.2. The summed E-state index contributed by atoms with van der Waals surface area (Å²) in [6.07, 6.45) is 15.6. The number of hydrogen-bond donors (Lipinski definition) is 0. The molecule has 0 aromatic heterocycles. The van der Waals surface area contributed by atoms with Crippen molar-refractivity contribution in [1.82, 2.24) is 0 Å². The molecule has 0 spiro atoms. The quantitative estimate of drug-likeness (QED) is 0.0536. The summed E-state index contributed by atoms with van der Waals surface area (Å²) in [5.41, 5.74) is 0. The largest absolute Gasteiger partial charge is 0.673 e. The number of hydrogen-bond acceptors (Lipinski definition) is 0. The summed E-state index contributed by atoms with van der Waals surface area (Å²) in [7, 11) is -6.57. The van der Waals surface area contributed by atoms with Crippen LogP contribution in [0.25, 0.3) is 0 Å². The van der Waals surface area contributed by atoms with Crippen LogP contribution in [0.3, 0.4) is 0 Å². The zero-order chi connectivity index (χ0) is 29.6. The molecule has 0 saturated heterocycles. The Morgan fingerprint density at radius 1 is 0.465 bits per heavy atom. The maximum atomic E-state index is 9.75. The third-order valence-corrected chi connectivity index (χ3v) is 12.3. The summed E-state index contributed by atoms with van der Waals surface area (Å²) < 4.78 is 39.0. The van der Waals surface area contributed by atoms with Crippen molar-refractivity contribution in [1.29, 1.82) is 0 Å². The van der Waals surface area contributed by atoms with E-state index in [0.29, 0.717) is 0 Å². The topological polar surface area (TPSA) is 0 Å². The second-order valence-electron chi connectivity index (χ2n) is 10.2. The van der Waals surface area contributed by atoms with E-state index >= 15 is 0 Å². The van der Waals surface area contributed by atoms with Crippen LogP contribution in [0.5, 0.6) is 0 Å². The van der Waals surface area contributed by atoms with Gasteiger partial charge in [-0.3, -0.25) is 0 Å². The van der Waals surface area contributed by atoms with Crippen molar-refractivity contribution in [3.63, 3.8) is 0 Å². The second-order valence-corrected chi connectivity index (χ2v) is 14.9. The number of fused-ring (bicyclic) bond motifs is 2. The van der Waals surface area contributed by atoms with Gasteiger partial charge in [-0.2, -0.15) is 0 Å². The molecule has 0 atom stereocenters. The fourth-order valence-corrected chi connectivity index (χ4v) is 9.95. The molecule has 227 valence electrons. The van der Waals surface area contributed by atoms with Gasteiger partial charge in [0.25, 0.3) is 0 Å². The Hall–Kier alpha value is -2.37. The summed E-state index contributed by atoms with van der Waals surface area (Å²) in [5, 5.41) is 5.97. The average molecular weight is 708 g/mol. The fraction of sp³-hybridized carbons (Fsp3) is 0.200. The van der Waals surface area contributed by atoms with Crippen molar-refractivity contribution < 1.29 is 36.7 Å². The van der Waals surface area contributed by atoms with Crippen molar-refractivity contribution in [2.75, 3.05) is 12.3 Å². The zero-order valence-electron chi connectivity index (χ0n) is 23.9. The molecule has 43 heavy (non-hydrogen) atoms. The number of benzene rings is 4. The van der Waals surface area contributed by atoms with Crippen molar-refractivity contribution in [3.8, 4) is 0 Å². The van der Waals surface area contributed by atoms with Crippen LogP contribution in [0.1, 0.15) is 19.3 Å². The molecular weight excluding hydrogens is 672 g/mol. The summed E-state index contributed by atoms with van der Waals surface area (Å²) in [5.74, 6) is 1.62. The van der Waals surface area contributed by atoms with Gasteiger partial charge in [-0.25, -0.2) is 0 Å². The first-order valence-electron chi connectivity index (χ1n) is 14.4. The Bertz CT molecular complexity index is 1170. The van der Waals surface area contributed by atoms with Crippen LogP contribution >= 0.6 is 15.8 Å². The van der Waals surface area contributed by atoms with Gasteiger partial charge in [0.15, 0.2) is 0 Å². The molecule has 0 unspecified atom stereocenters. The van der Waals surface area contributed by atoms with Gasteiger partial charge in [0.05, 0.1) is 0 Å². The summed E-state index contributed by atoms with van der Waals surface area (Å²) in [4.78, 5) is 0. The smallest absolute Gasteiger partial charge is 0.418 e. The van der Waals surface area contributed by atoms with Crippen LogP contribution in [0.4, 0.5) is 17.3 Å². The monoisotopic (exact) mass is 708 g/mol. The zero-order valence-corrected chi connectivity index (χ0v) is 27.3. The van der Waals surface area contributed by atoms with Gasteiger partial charge in [-0.1, -0.05) is 146 Å². The molecule has 1 radical (unpaired) electrons. The number of allylic oxidation sites excluding steroid dienone is 4. The van der Waals surface area contributed by atoms with Gasteiger partial charge in [0.1, 0.15) is 0 Å². The number of unbranched alkanes of at least 4 members (excludes halogenated alkanes) is 1. The van der Waals surface area contributed by atoms with Crippen molar-refractivity contribution >= 4 is 44.3 Å². The predicted molar refractivity (Wildman–Crippen MR) is 177 cm³/mol. The fourth-order valence-electron chi connectivity index (χ4n) is 5.11. The number of halogens is 4. The van der Waals surface area contributed by atoms with Gasteiger partial charge in [0.2, 0.25) is 0 Å². The van der Waals surface area contributed by atoms with Crippen molar-refractivity contribution in [2.24, 2.45) is 11.8 Å². The Kier molecular flexibility index (Phi) is 15.1. The maximum absolute atomic E-state index is 9.75. The first kappa shape index (κ1) is 35.1. The molecule has 4 aromatic rings. The van der Waals surface area contributed by atoms with E-state index in [1.165, 1.54) is 52.8 Å². The molecule has 8 heteroatoms. The molecule has 2 bridgehead atoms. The van der Waals surface area contributed by atoms with E-state index in [1.807, 2.05) is 0 Å². The van der Waals surface area contributed by atoms with Gasteiger partial charge in [0, 0.05) is 19.5 Å². The standard InChI is InChI=1S/C28H28P2.C7H8.BF4.Rh/c1-5-15-25(16-6-1)29(26-17-7-2-8-18-26)23-13-14-24-30(27-19-9-3-10-20-27)28-21-11-4-12-22-28;1-2-7-4-3-6(1)5-7;2-1(3,4)5;/h1-12,15-22H,13-14,23-24H2;1-4,6-7H,5H2;;/q;;-1;. The molecule has 2 aliphatic rings. The van der Waals surface area contributed by atoms with Gasteiger partial charge in [-0.15, -0.1) is 0 Å². The molecule has 0 heterocycles. The van der Waals surface area contributed by atoms with Crippen LogP contribution in [0.15, 0.2) is 146 Å². The van der Waals surface area contributed by atoms with E-state index in [-0.39, 0.29) is 35.3 Å². The van der Waals surface area contributed by atoms with E-state index in [4.69, 9.17) is 0 Å². The molecule has 0 saturated carbocycles. The Morgan fingerprint density at radius 3 is 0.884 bits per heavy atom. The Morgan fingerprint density at radius 2 is 0.698 bits per heavy atom. The van der Waals surface area contributed by atoms with Crippen LogP contribution in [0.2, 0.25) is 0 Å². The van der Waals surface area contributed by atoms with Crippen molar-refractivity contribution in [2.45, 2.75) is 19.3 Å². The molecular formula is C35H36BF4P2Rh-. The van der Waals surface area contributed by atoms with Gasteiger partial charge >= 0.3 is 7.25 Å². The van der Waals surface area contributed by atoms with Gasteiger partial charge < -0.3 is 17.3 Å². The van der Waals surface area contributed by atoms with Crippen molar-refractivity contribution in [3.05, 3.63) is 146 Å². The maximum Gasteiger partial charge on any atom is 0.673 e. The molecule has 0 aliphatic heterocycles. The average Bonchev–Trinajstić information content (AvgIpc) is 3.67.